The second kappa shape index (κ2) is 9.57. The van der Waals surface area contributed by atoms with Gasteiger partial charge in [0.2, 0.25) is 0 Å². The monoisotopic (exact) mass is 419 g/mol. The number of benzene rings is 2. The molecular formula is C18H18BrN3O4. The predicted octanol–water partition coefficient (Wildman–Crippen LogP) is 2.35. The third-order valence-corrected chi connectivity index (χ3v) is 3.80. The molecule has 2 aromatic rings. The summed E-state index contributed by atoms with van der Waals surface area (Å²) in [6.07, 6.45) is 1.51. The van der Waals surface area contributed by atoms with Crippen molar-refractivity contribution in [3.8, 4) is 11.5 Å². The Balaban J connectivity index is 1.86. The van der Waals surface area contributed by atoms with Crippen molar-refractivity contribution in [2.75, 3.05) is 20.8 Å². The van der Waals surface area contributed by atoms with Gasteiger partial charge in [-0.3, -0.25) is 9.59 Å². The van der Waals surface area contributed by atoms with E-state index in [4.69, 9.17) is 9.47 Å². The van der Waals surface area contributed by atoms with Crippen LogP contribution in [0.3, 0.4) is 0 Å². The first-order chi connectivity index (χ1) is 12.5. The van der Waals surface area contributed by atoms with Gasteiger partial charge in [-0.15, -0.1) is 0 Å². The summed E-state index contributed by atoms with van der Waals surface area (Å²) in [5.41, 5.74) is 3.54. The molecule has 0 heterocycles. The molecule has 0 radical (unpaired) electrons. The molecule has 7 nitrogen and oxygen atoms in total. The Bertz CT molecular complexity index is 824. The summed E-state index contributed by atoms with van der Waals surface area (Å²) in [5, 5.41) is 6.37. The van der Waals surface area contributed by atoms with Gasteiger partial charge in [-0.05, 0) is 35.9 Å². The van der Waals surface area contributed by atoms with Gasteiger partial charge in [-0.2, -0.15) is 5.10 Å². The van der Waals surface area contributed by atoms with Crippen molar-refractivity contribution in [2.24, 2.45) is 5.10 Å². The average Bonchev–Trinajstić information content (AvgIpc) is 2.65. The molecule has 0 aliphatic carbocycles. The highest BCUT2D eigenvalue weighted by molar-refractivity contribution is 9.10. The van der Waals surface area contributed by atoms with Crippen LogP contribution in [-0.4, -0.2) is 38.8 Å². The maximum absolute atomic E-state index is 12.1. The zero-order valence-electron chi connectivity index (χ0n) is 14.3. The Morgan fingerprint density at radius 2 is 1.88 bits per heavy atom. The molecule has 0 aromatic heterocycles. The van der Waals surface area contributed by atoms with Crippen LogP contribution in [0.2, 0.25) is 0 Å². The van der Waals surface area contributed by atoms with Crippen molar-refractivity contribution in [3.05, 3.63) is 58.1 Å². The van der Waals surface area contributed by atoms with E-state index in [1.807, 2.05) is 24.3 Å². The van der Waals surface area contributed by atoms with E-state index in [-0.39, 0.29) is 6.54 Å². The van der Waals surface area contributed by atoms with Crippen LogP contribution >= 0.6 is 15.9 Å². The zero-order chi connectivity index (χ0) is 18.9. The number of carbonyl (C=O) groups is 2. The highest BCUT2D eigenvalue weighted by Gasteiger charge is 2.11. The van der Waals surface area contributed by atoms with Crippen molar-refractivity contribution >= 4 is 34.0 Å². The fourth-order valence-corrected chi connectivity index (χ4v) is 2.46. The molecule has 0 saturated heterocycles. The van der Waals surface area contributed by atoms with E-state index in [0.29, 0.717) is 17.1 Å². The fourth-order valence-electron chi connectivity index (χ4n) is 2.05. The van der Waals surface area contributed by atoms with Gasteiger partial charge in [0.25, 0.3) is 11.8 Å². The maximum Gasteiger partial charge on any atom is 0.259 e. The van der Waals surface area contributed by atoms with Gasteiger partial charge in [0.05, 0.1) is 27.0 Å². The number of carbonyl (C=O) groups excluding carboxylic acids is 2. The quantitative estimate of drug-likeness (QED) is 0.532. The van der Waals surface area contributed by atoms with Crippen LogP contribution < -0.4 is 20.2 Å². The maximum atomic E-state index is 12.1. The molecule has 0 saturated carbocycles. The van der Waals surface area contributed by atoms with Gasteiger partial charge in [-0.25, -0.2) is 5.43 Å². The van der Waals surface area contributed by atoms with Gasteiger partial charge in [-0.1, -0.05) is 28.1 Å². The van der Waals surface area contributed by atoms with Gasteiger partial charge >= 0.3 is 0 Å². The molecular weight excluding hydrogens is 402 g/mol. The molecule has 0 spiro atoms. The zero-order valence-corrected chi connectivity index (χ0v) is 15.9. The van der Waals surface area contributed by atoms with Gasteiger partial charge in [0, 0.05) is 10.0 Å². The van der Waals surface area contributed by atoms with Crippen LogP contribution in [0.15, 0.2) is 52.0 Å². The summed E-state index contributed by atoms with van der Waals surface area (Å²) >= 11 is 3.35. The standard InChI is InChI=1S/C18H18BrN3O4/c1-25-15-7-6-13(9-16(15)26-2)18(24)20-11-17(23)22-21-10-12-4-3-5-14(19)8-12/h3-10H,11H2,1-2H3,(H,20,24)(H,22,23). The van der Waals surface area contributed by atoms with Crippen LogP contribution in [0.5, 0.6) is 11.5 Å². The number of hydrazone groups is 1. The molecule has 2 aromatic carbocycles. The number of nitrogens with zero attached hydrogens (tertiary/aromatic N) is 1. The topological polar surface area (TPSA) is 89.0 Å². The highest BCUT2D eigenvalue weighted by atomic mass is 79.9. The fraction of sp³-hybridized carbons (Fsp3) is 0.167. The highest BCUT2D eigenvalue weighted by Crippen LogP contribution is 2.27. The van der Waals surface area contributed by atoms with Crippen molar-refractivity contribution in [1.82, 2.24) is 10.7 Å². The first-order valence-corrected chi connectivity index (χ1v) is 8.40. The minimum atomic E-state index is -0.440. The third kappa shape index (κ3) is 5.59. The molecule has 0 aliphatic rings. The number of ether oxygens (including phenoxy) is 2. The second-order valence-corrected chi connectivity index (χ2v) is 6.02. The lowest BCUT2D eigenvalue weighted by Crippen LogP contribution is -2.34. The van der Waals surface area contributed by atoms with Crippen LogP contribution in [0, 0.1) is 0 Å². The van der Waals surface area contributed by atoms with E-state index >= 15 is 0 Å². The molecule has 0 fully saturated rings. The number of nitrogens with one attached hydrogen (secondary N) is 2. The lowest BCUT2D eigenvalue weighted by atomic mass is 10.2. The Labute approximate surface area is 159 Å². The minimum absolute atomic E-state index is 0.205. The van der Waals surface area contributed by atoms with Crippen molar-refractivity contribution in [3.63, 3.8) is 0 Å². The minimum Gasteiger partial charge on any atom is -0.493 e. The number of rotatable bonds is 7. The lowest BCUT2D eigenvalue weighted by Gasteiger charge is -2.09. The van der Waals surface area contributed by atoms with E-state index in [9.17, 15) is 9.59 Å². The number of methoxy groups -OCH3 is 2. The predicted molar refractivity (Wildman–Crippen MR) is 102 cm³/mol. The van der Waals surface area contributed by atoms with Crippen molar-refractivity contribution in [2.45, 2.75) is 0 Å². The Kier molecular flexibility index (Phi) is 7.16. The SMILES string of the molecule is COc1ccc(C(=O)NCC(=O)NN=Cc2cccc(Br)c2)cc1OC. The molecule has 2 rings (SSSR count). The molecule has 26 heavy (non-hydrogen) atoms. The first-order valence-electron chi connectivity index (χ1n) is 7.61. The average molecular weight is 420 g/mol. The summed E-state index contributed by atoms with van der Waals surface area (Å²) < 4.78 is 11.2. The number of hydrogen-bond acceptors (Lipinski definition) is 5. The largest absolute Gasteiger partial charge is 0.493 e. The Morgan fingerprint density at radius 1 is 1.12 bits per heavy atom. The van der Waals surface area contributed by atoms with Crippen LogP contribution in [-0.2, 0) is 4.79 Å². The molecule has 136 valence electrons. The Hall–Kier alpha value is -2.87. The Morgan fingerprint density at radius 3 is 2.58 bits per heavy atom. The normalized spacial score (nSPS) is 10.4. The third-order valence-electron chi connectivity index (χ3n) is 3.31. The molecule has 2 amide bonds. The first kappa shape index (κ1) is 19.5. The van der Waals surface area contributed by atoms with Crippen LogP contribution in [0.1, 0.15) is 15.9 Å². The van der Waals surface area contributed by atoms with E-state index in [2.05, 4.69) is 31.8 Å². The summed E-state index contributed by atoms with van der Waals surface area (Å²) in [4.78, 5) is 23.9. The van der Waals surface area contributed by atoms with E-state index in [0.717, 1.165) is 10.0 Å². The van der Waals surface area contributed by atoms with Gasteiger partial charge < -0.3 is 14.8 Å². The van der Waals surface area contributed by atoms with Crippen LogP contribution in [0.4, 0.5) is 0 Å². The van der Waals surface area contributed by atoms with Gasteiger partial charge in [0.1, 0.15) is 0 Å². The summed E-state index contributed by atoms with van der Waals surface area (Å²) in [7, 11) is 2.99. The number of amides is 2. The molecule has 0 atom stereocenters. The molecule has 0 bridgehead atoms. The van der Waals surface area contributed by atoms with E-state index in [1.165, 1.54) is 26.5 Å². The molecule has 0 aliphatic heterocycles. The number of halogens is 1. The number of hydrogen-bond donors (Lipinski definition) is 2. The summed E-state index contributed by atoms with van der Waals surface area (Å²) in [6, 6.07) is 12.2. The van der Waals surface area contributed by atoms with E-state index < -0.39 is 11.8 Å². The van der Waals surface area contributed by atoms with Crippen LogP contribution in [0.25, 0.3) is 0 Å². The van der Waals surface area contributed by atoms with Gasteiger partial charge in [0.15, 0.2) is 11.5 Å². The lowest BCUT2D eigenvalue weighted by molar-refractivity contribution is -0.120. The summed E-state index contributed by atoms with van der Waals surface area (Å²) in [6.45, 7) is -0.205. The summed E-state index contributed by atoms with van der Waals surface area (Å²) in [5.74, 6) is 0.106. The van der Waals surface area contributed by atoms with Crippen molar-refractivity contribution in [1.29, 1.82) is 0 Å². The molecule has 2 N–H and O–H groups in total. The van der Waals surface area contributed by atoms with Crippen molar-refractivity contribution < 1.29 is 19.1 Å². The smallest absolute Gasteiger partial charge is 0.259 e. The van der Waals surface area contributed by atoms with E-state index in [1.54, 1.807) is 12.1 Å². The second-order valence-electron chi connectivity index (χ2n) is 5.10. The molecule has 8 heteroatoms. The molecule has 0 unspecified atom stereocenters.